The monoisotopic (exact) mass is 211 g/mol. The summed E-state index contributed by atoms with van der Waals surface area (Å²) in [4.78, 5) is 2.78. The van der Waals surface area contributed by atoms with Crippen LogP contribution in [0, 0.1) is 16.7 Å². The predicted octanol–water partition coefficient (Wildman–Crippen LogP) is 1.29. The zero-order chi connectivity index (χ0) is 11.4. The van der Waals surface area contributed by atoms with Crippen molar-refractivity contribution < 1.29 is 0 Å². The van der Waals surface area contributed by atoms with Crippen molar-refractivity contribution in [3.05, 3.63) is 47.5 Å². The highest BCUT2D eigenvalue weighted by Crippen LogP contribution is 2.06. The molecule has 0 unspecified atom stereocenters. The van der Waals surface area contributed by atoms with Gasteiger partial charge in [0.2, 0.25) is 0 Å². The molecule has 2 rings (SSSR count). The van der Waals surface area contributed by atoms with Crippen molar-refractivity contribution in [2.75, 3.05) is 0 Å². The van der Waals surface area contributed by atoms with E-state index in [9.17, 15) is 0 Å². The minimum Gasteiger partial charge on any atom is -0.327 e. The van der Waals surface area contributed by atoms with Gasteiger partial charge in [0.05, 0.1) is 17.3 Å². The van der Waals surface area contributed by atoms with Crippen LogP contribution in [0.25, 0.3) is 0 Å². The van der Waals surface area contributed by atoms with E-state index in [4.69, 9.17) is 10.7 Å². The van der Waals surface area contributed by atoms with Gasteiger partial charge in [-0.25, -0.2) is 0 Å². The van der Waals surface area contributed by atoms with Gasteiger partial charge in [0.1, 0.15) is 6.33 Å². The Bertz CT molecular complexity index is 519. The van der Waals surface area contributed by atoms with E-state index in [1.807, 2.05) is 12.1 Å². The molecular weight excluding hydrogens is 202 g/mol. The molecule has 0 amide bonds. The van der Waals surface area contributed by atoms with E-state index in [2.05, 4.69) is 21.3 Å². The molecule has 0 atom stereocenters. The van der Waals surface area contributed by atoms with Gasteiger partial charge in [0.15, 0.2) is 5.82 Å². The third kappa shape index (κ3) is 2.12. The Labute approximate surface area is 92.3 Å². The fourth-order valence-corrected chi connectivity index (χ4v) is 1.34. The maximum absolute atomic E-state index is 8.65. The van der Waals surface area contributed by atoms with E-state index in [0.717, 1.165) is 5.56 Å². The van der Waals surface area contributed by atoms with Crippen molar-refractivity contribution in [1.29, 1.82) is 10.7 Å². The van der Waals surface area contributed by atoms with Gasteiger partial charge in [-0.15, -0.1) is 10.2 Å². The highest BCUT2D eigenvalue weighted by atomic mass is 15.2. The van der Waals surface area contributed by atoms with Crippen LogP contribution in [-0.2, 0) is 6.42 Å². The molecule has 0 fully saturated rings. The second-order valence-corrected chi connectivity index (χ2v) is 3.30. The summed E-state index contributed by atoms with van der Waals surface area (Å²) >= 11 is 0. The molecule has 0 radical (unpaired) electrons. The zero-order valence-electron chi connectivity index (χ0n) is 8.44. The lowest BCUT2D eigenvalue weighted by molar-refractivity contribution is 1.06. The van der Waals surface area contributed by atoms with Crippen LogP contribution in [0.4, 0.5) is 0 Å². The smallest absolute Gasteiger partial charge is 0.175 e. The molecule has 0 saturated carbocycles. The molecule has 2 N–H and O–H groups in total. The van der Waals surface area contributed by atoms with Crippen molar-refractivity contribution in [2.24, 2.45) is 0 Å². The van der Waals surface area contributed by atoms with Gasteiger partial charge in [-0.2, -0.15) is 5.26 Å². The quantitative estimate of drug-likeness (QED) is 0.749. The molecule has 0 aliphatic heterocycles. The third-order valence-electron chi connectivity index (χ3n) is 2.17. The van der Waals surface area contributed by atoms with E-state index in [-0.39, 0.29) is 0 Å². The van der Waals surface area contributed by atoms with Crippen molar-refractivity contribution in [1.82, 2.24) is 15.2 Å². The molecule has 0 saturated heterocycles. The molecule has 0 aliphatic rings. The number of rotatable bonds is 3. The second kappa shape index (κ2) is 4.36. The molecule has 78 valence electrons. The Morgan fingerprint density at radius 2 is 2.12 bits per heavy atom. The summed E-state index contributed by atoms with van der Waals surface area (Å²) in [5.41, 5.74) is 1.97. The Morgan fingerprint density at radius 1 is 1.38 bits per heavy atom. The van der Waals surface area contributed by atoms with Crippen LogP contribution in [0.1, 0.15) is 17.0 Å². The van der Waals surface area contributed by atoms with E-state index < -0.39 is 0 Å². The van der Waals surface area contributed by atoms with Gasteiger partial charge < -0.3 is 10.4 Å². The first kappa shape index (κ1) is 10.1. The fraction of sp³-hybridized carbons (Fsp3) is 0.0909. The molecule has 1 aromatic carbocycles. The number of nitrogens with zero attached hydrogens (tertiary/aromatic N) is 3. The average molecular weight is 211 g/mol. The summed E-state index contributed by atoms with van der Waals surface area (Å²) < 4.78 is 0. The molecule has 2 aromatic rings. The van der Waals surface area contributed by atoms with Crippen molar-refractivity contribution >= 4 is 5.71 Å². The third-order valence-corrected chi connectivity index (χ3v) is 2.17. The molecule has 0 bridgehead atoms. The predicted molar refractivity (Wildman–Crippen MR) is 58.1 cm³/mol. The summed E-state index contributed by atoms with van der Waals surface area (Å²) in [6.07, 6.45) is 1.92. The maximum Gasteiger partial charge on any atom is 0.175 e. The number of hydrogen-bond donors (Lipinski definition) is 2. The lowest BCUT2D eigenvalue weighted by Gasteiger charge is -2.00. The Hall–Kier alpha value is -2.48. The lowest BCUT2D eigenvalue weighted by atomic mass is 10.1. The lowest BCUT2D eigenvalue weighted by Crippen LogP contribution is -2.05. The summed E-state index contributed by atoms with van der Waals surface area (Å²) in [7, 11) is 0. The number of aromatic amines is 1. The van der Waals surface area contributed by atoms with Crippen molar-refractivity contribution in [3.63, 3.8) is 0 Å². The van der Waals surface area contributed by atoms with Gasteiger partial charge in [0.25, 0.3) is 0 Å². The number of nitriles is 1. The van der Waals surface area contributed by atoms with Crippen molar-refractivity contribution in [2.45, 2.75) is 6.42 Å². The number of hydrogen-bond acceptors (Lipinski definition) is 4. The largest absolute Gasteiger partial charge is 0.327 e. The summed E-state index contributed by atoms with van der Waals surface area (Å²) in [6, 6.07) is 9.20. The Balaban J connectivity index is 2.10. The van der Waals surface area contributed by atoms with Crippen LogP contribution in [0.15, 0.2) is 30.6 Å². The number of nitrogens with one attached hydrogen (secondary N) is 2. The van der Waals surface area contributed by atoms with Gasteiger partial charge in [0, 0.05) is 6.42 Å². The highest BCUT2D eigenvalue weighted by Gasteiger charge is 2.05. The van der Waals surface area contributed by atoms with Crippen LogP contribution in [0.2, 0.25) is 0 Å². The maximum atomic E-state index is 8.65. The highest BCUT2D eigenvalue weighted by molar-refractivity contribution is 5.96. The first-order valence-corrected chi connectivity index (χ1v) is 4.72. The minimum absolute atomic E-state index is 0.377. The van der Waals surface area contributed by atoms with E-state index >= 15 is 0 Å². The molecule has 16 heavy (non-hydrogen) atoms. The Morgan fingerprint density at radius 3 is 2.69 bits per heavy atom. The topological polar surface area (TPSA) is 89.2 Å². The molecule has 1 heterocycles. The molecule has 0 aliphatic carbocycles. The normalized spacial score (nSPS) is 9.69. The van der Waals surface area contributed by atoms with Gasteiger partial charge in [-0.05, 0) is 17.7 Å². The molecule has 5 nitrogen and oxygen atoms in total. The zero-order valence-corrected chi connectivity index (χ0v) is 8.44. The van der Waals surface area contributed by atoms with Gasteiger partial charge >= 0.3 is 0 Å². The van der Waals surface area contributed by atoms with E-state index in [0.29, 0.717) is 23.5 Å². The van der Waals surface area contributed by atoms with Crippen LogP contribution >= 0.6 is 0 Å². The molecule has 1 aromatic heterocycles. The number of H-pyrrole nitrogens is 1. The SMILES string of the molecule is N#Cc1ccc(CC(=N)c2nnc[nH]2)cc1. The van der Waals surface area contributed by atoms with Crippen LogP contribution in [0.3, 0.4) is 0 Å². The first-order chi connectivity index (χ1) is 7.79. The van der Waals surface area contributed by atoms with E-state index in [1.54, 1.807) is 12.1 Å². The first-order valence-electron chi connectivity index (χ1n) is 4.72. The minimum atomic E-state index is 0.377. The Kier molecular flexibility index (Phi) is 2.74. The van der Waals surface area contributed by atoms with Gasteiger partial charge in [-0.1, -0.05) is 12.1 Å². The van der Waals surface area contributed by atoms with E-state index in [1.165, 1.54) is 6.33 Å². The number of benzene rings is 1. The molecule has 5 heteroatoms. The number of aromatic nitrogens is 3. The fourth-order valence-electron chi connectivity index (χ4n) is 1.34. The second-order valence-electron chi connectivity index (χ2n) is 3.30. The molecule has 0 spiro atoms. The van der Waals surface area contributed by atoms with Crippen LogP contribution in [-0.4, -0.2) is 20.9 Å². The van der Waals surface area contributed by atoms with Crippen LogP contribution < -0.4 is 0 Å². The van der Waals surface area contributed by atoms with Gasteiger partial charge in [-0.3, -0.25) is 0 Å². The van der Waals surface area contributed by atoms with Crippen LogP contribution in [0.5, 0.6) is 0 Å². The molecular formula is C11H9N5. The average Bonchev–Trinajstić information content (AvgIpc) is 2.83. The standard InChI is InChI=1S/C11H9N5/c12-6-9-3-1-8(2-4-9)5-10(13)11-14-7-15-16-11/h1-4,7,13H,5H2,(H,14,15,16). The summed E-state index contributed by atoms with van der Waals surface area (Å²) in [6.45, 7) is 0. The summed E-state index contributed by atoms with van der Waals surface area (Å²) in [5, 5.41) is 23.8. The summed E-state index contributed by atoms with van der Waals surface area (Å²) in [5.74, 6) is 0.476. The van der Waals surface area contributed by atoms with Crippen molar-refractivity contribution in [3.8, 4) is 6.07 Å².